The molecule has 1 heterocycles. The number of nitrogens with zero attached hydrogens (tertiary/aromatic N) is 2. The Hall–Kier alpha value is -2.21. The molecular weight excluding hydrogens is 239 g/mol. The van der Waals surface area contributed by atoms with Crippen molar-refractivity contribution in [1.82, 2.24) is 9.78 Å². The summed E-state index contributed by atoms with van der Waals surface area (Å²) < 4.78 is 14.6. The lowest BCUT2D eigenvalue weighted by molar-refractivity contribution is 0.0689. The van der Waals surface area contributed by atoms with Crippen LogP contribution in [0.5, 0.6) is 0 Å². The molecule has 94 valence electrons. The van der Waals surface area contributed by atoms with Gasteiger partial charge in [-0.1, -0.05) is 0 Å². The van der Waals surface area contributed by atoms with E-state index in [1.165, 1.54) is 28.9 Å². The molecule has 0 saturated heterocycles. The molecule has 5 nitrogen and oxygen atoms in total. The second-order valence-electron chi connectivity index (χ2n) is 3.81. The molecule has 6 heteroatoms. The van der Waals surface area contributed by atoms with Gasteiger partial charge in [0, 0.05) is 18.2 Å². The first-order valence-electron chi connectivity index (χ1n) is 5.20. The van der Waals surface area contributed by atoms with Crippen LogP contribution in [0, 0.1) is 5.82 Å². The second kappa shape index (κ2) is 4.58. The van der Waals surface area contributed by atoms with Crippen LogP contribution >= 0.6 is 0 Å². The van der Waals surface area contributed by atoms with Crippen LogP contribution in [0.15, 0.2) is 24.3 Å². The van der Waals surface area contributed by atoms with E-state index >= 15 is 0 Å². The van der Waals surface area contributed by atoms with E-state index in [2.05, 4.69) is 5.10 Å². The minimum absolute atomic E-state index is 0.0811. The molecule has 2 N–H and O–H groups in total. The van der Waals surface area contributed by atoms with Gasteiger partial charge in [0.1, 0.15) is 5.82 Å². The third kappa shape index (κ3) is 2.10. The summed E-state index contributed by atoms with van der Waals surface area (Å²) in [5.74, 6) is -1.62. The molecule has 2 rings (SSSR count). The summed E-state index contributed by atoms with van der Waals surface area (Å²) in [7, 11) is 1.60. The maximum Gasteiger partial charge on any atom is 0.356 e. The van der Waals surface area contributed by atoms with Crippen molar-refractivity contribution in [2.24, 2.45) is 7.05 Å². The fourth-order valence-electron chi connectivity index (χ4n) is 1.70. The monoisotopic (exact) mass is 250 g/mol. The molecule has 0 unspecified atom stereocenters. The van der Waals surface area contributed by atoms with Gasteiger partial charge in [-0.15, -0.1) is 0 Å². The molecule has 0 aliphatic rings. The highest BCUT2D eigenvalue weighted by atomic mass is 19.1. The van der Waals surface area contributed by atoms with Crippen molar-refractivity contribution in [2.45, 2.75) is 6.61 Å². The van der Waals surface area contributed by atoms with E-state index in [0.29, 0.717) is 11.3 Å². The number of rotatable bonds is 3. The van der Waals surface area contributed by atoms with Crippen molar-refractivity contribution >= 4 is 5.97 Å². The normalized spacial score (nSPS) is 10.6. The highest BCUT2D eigenvalue weighted by Gasteiger charge is 2.13. The van der Waals surface area contributed by atoms with Crippen LogP contribution in [0.4, 0.5) is 4.39 Å². The quantitative estimate of drug-likeness (QED) is 0.863. The van der Waals surface area contributed by atoms with Crippen LogP contribution in [0.25, 0.3) is 11.3 Å². The van der Waals surface area contributed by atoms with E-state index in [9.17, 15) is 9.18 Å². The van der Waals surface area contributed by atoms with Gasteiger partial charge in [0.05, 0.1) is 12.3 Å². The molecule has 18 heavy (non-hydrogen) atoms. The van der Waals surface area contributed by atoms with Gasteiger partial charge in [-0.2, -0.15) is 5.10 Å². The van der Waals surface area contributed by atoms with Crippen LogP contribution in [0.2, 0.25) is 0 Å². The van der Waals surface area contributed by atoms with Gasteiger partial charge in [0.15, 0.2) is 5.69 Å². The highest BCUT2D eigenvalue weighted by molar-refractivity contribution is 5.87. The summed E-state index contributed by atoms with van der Waals surface area (Å²) in [5, 5.41) is 21.7. The van der Waals surface area contributed by atoms with Gasteiger partial charge >= 0.3 is 5.97 Å². The largest absolute Gasteiger partial charge is 0.476 e. The fraction of sp³-hybridized carbons (Fsp3) is 0.167. The molecule has 0 bridgehead atoms. The number of aliphatic hydroxyl groups is 1. The Morgan fingerprint density at radius 1 is 1.44 bits per heavy atom. The number of hydrogen-bond acceptors (Lipinski definition) is 3. The Morgan fingerprint density at radius 3 is 2.72 bits per heavy atom. The molecule has 1 aromatic heterocycles. The number of carboxylic acid groups (broad SMARTS) is 1. The number of carbonyl (C=O) groups is 1. The van der Waals surface area contributed by atoms with E-state index in [1.807, 2.05) is 0 Å². The second-order valence-corrected chi connectivity index (χ2v) is 3.81. The summed E-state index contributed by atoms with van der Waals surface area (Å²) in [6.45, 7) is -0.413. The average molecular weight is 250 g/mol. The van der Waals surface area contributed by atoms with Gasteiger partial charge < -0.3 is 10.2 Å². The molecule has 0 radical (unpaired) electrons. The maximum atomic E-state index is 13.2. The maximum absolute atomic E-state index is 13.2. The van der Waals surface area contributed by atoms with Crippen molar-refractivity contribution in [2.75, 3.05) is 0 Å². The predicted octanol–water partition coefficient (Wildman–Crippen LogP) is 1.42. The number of aromatic carboxylic acids is 1. The van der Waals surface area contributed by atoms with Crippen LogP contribution < -0.4 is 0 Å². The summed E-state index contributed by atoms with van der Waals surface area (Å²) in [6.07, 6.45) is 0. The zero-order valence-electron chi connectivity index (χ0n) is 9.59. The van der Waals surface area contributed by atoms with Crippen molar-refractivity contribution in [3.8, 4) is 11.3 Å². The number of hydrogen-bond donors (Lipinski definition) is 2. The lowest BCUT2D eigenvalue weighted by atomic mass is 10.1. The Morgan fingerprint density at radius 2 is 2.17 bits per heavy atom. The van der Waals surface area contributed by atoms with Crippen molar-refractivity contribution in [3.05, 3.63) is 41.3 Å². The van der Waals surface area contributed by atoms with Gasteiger partial charge in [-0.05, 0) is 24.3 Å². The van der Waals surface area contributed by atoms with Gasteiger partial charge in [0.2, 0.25) is 0 Å². The van der Waals surface area contributed by atoms with Gasteiger partial charge in [-0.25, -0.2) is 9.18 Å². The van der Waals surface area contributed by atoms with E-state index in [1.54, 1.807) is 7.05 Å². The lowest BCUT2D eigenvalue weighted by Gasteiger charge is -2.04. The highest BCUT2D eigenvalue weighted by Crippen LogP contribution is 2.22. The Balaban J connectivity index is 2.51. The number of aryl methyl sites for hydroxylation is 1. The first-order chi connectivity index (χ1) is 8.52. The van der Waals surface area contributed by atoms with Crippen LogP contribution in [-0.2, 0) is 13.7 Å². The van der Waals surface area contributed by atoms with Crippen molar-refractivity contribution in [3.63, 3.8) is 0 Å². The summed E-state index contributed by atoms with van der Waals surface area (Å²) in [5.41, 5.74) is 1.22. The fourth-order valence-corrected chi connectivity index (χ4v) is 1.70. The lowest BCUT2D eigenvalue weighted by Crippen LogP contribution is -1.99. The first kappa shape index (κ1) is 12.3. The number of halogens is 1. The smallest absolute Gasteiger partial charge is 0.356 e. The minimum atomic E-state index is -1.12. The van der Waals surface area contributed by atoms with Crippen LogP contribution in [0.1, 0.15) is 16.1 Å². The summed E-state index contributed by atoms with van der Waals surface area (Å²) >= 11 is 0. The molecule has 0 spiro atoms. The van der Waals surface area contributed by atoms with E-state index in [4.69, 9.17) is 10.2 Å². The average Bonchev–Trinajstić information content (AvgIpc) is 2.72. The molecule has 0 saturated carbocycles. The molecule has 0 aliphatic carbocycles. The number of aliphatic hydroxyl groups excluding tert-OH is 1. The summed E-state index contributed by atoms with van der Waals surface area (Å²) in [6, 6.07) is 5.61. The molecule has 0 atom stereocenters. The van der Waals surface area contributed by atoms with Gasteiger partial charge in [0.25, 0.3) is 0 Å². The Bertz CT molecular complexity index is 607. The number of benzene rings is 1. The zero-order chi connectivity index (χ0) is 13.3. The standard InChI is InChI=1S/C12H11FN2O3/c1-15-11(5-10(14-15)12(17)18)7-2-3-9(13)8(4-7)6-16/h2-5,16H,6H2,1H3,(H,17,18). The predicted molar refractivity (Wildman–Crippen MR) is 61.5 cm³/mol. The first-order valence-corrected chi connectivity index (χ1v) is 5.20. The molecule has 1 aromatic carbocycles. The van der Waals surface area contributed by atoms with Crippen LogP contribution in [0.3, 0.4) is 0 Å². The molecule has 0 aliphatic heterocycles. The SMILES string of the molecule is Cn1nc(C(=O)O)cc1-c1ccc(F)c(CO)c1. The van der Waals surface area contributed by atoms with E-state index in [0.717, 1.165) is 0 Å². The third-order valence-corrected chi connectivity index (χ3v) is 2.61. The van der Waals surface area contributed by atoms with Crippen molar-refractivity contribution in [1.29, 1.82) is 0 Å². The Labute approximate surface area is 102 Å². The third-order valence-electron chi connectivity index (χ3n) is 2.61. The Kier molecular flexibility index (Phi) is 3.12. The van der Waals surface area contributed by atoms with Crippen molar-refractivity contribution < 1.29 is 19.4 Å². The summed E-state index contributed by atoms with van der Waals surface area (Å²) in [4.78, 5) is 10.8. The zero-order valence-corrected chi connectivity index (χ0v) is 9.59. The topological polar surface area (TPSA) is 75.4 Å². The molecule has 0 fully saturated rings. The number of carboxylic acids is 1. The number of aromatic nitrogens is 2. The van der Waals surface area contributed by atoms with Crippen LogP contribution in [-0.4, -0.2) is 26.0 Å². The molecule has 2 aromatic rings. The van der Waals surface area contributed by atoms with E-state index < -0.39 is 18.4 Å². The van der Waals surface area contributed by atoms with E-state index in [-0.39, 0.29) is 11.3 Å². The minimum Gasteiger partial charge on any atom is -0.476 e. The molecule has 0 amide bonds. The van der Waals surface area contributed by atoms with Gasteiger partial charge in [-0.3, -0.25) is 4.68 Å². The molecular formula is C12H11FN2O3.